The highest BCUT2D eigenvalue weighted by Gasteiger charge is 2.37. The van der Waals surface area contributed by atoms with Gasteiger partial charge in [-0.25, -0.2) is 0 Å². The molecule has 6 nitrogen and oxygen atoms in total. The molecule has 0 radical (unpaired) electrons. The van der Waals surface area contributed by atoms with Gasteiger partial charge in [0.25, 0.3) is 5.91 Å². The normalized spacial score (nSPS) is 30.1. The summed E-state index contributed by atoms with van der Waals surface area (Å²) in [5.41, 5.74) is 0.694. The van der Waals surface area contributed by atoms with Crippen LogP contribution in [0.15, 0.2) is 18.5 Å². The summed E-state index contributed by atoms with van der Waals surface area (Å²) in [7, 11) is 0. The van der Waals surface area contributed by atoms with E-state index in [-0.39, 0.29) is 36.2 Å². The maximum absolute atomic E-state index is 13.0. The molecule has 0 aliphatic carbocycles. The zero-order valence-electron chi connectivity index (χ0n) is 17.4. The van der Waals surface area contributed by atoms with Crippen molar-refractivity contribution >= 4 is 5.91 Å². The molecule has 2 fully saturated rings. The number of rotatable bonds is 4. The van der Waals surface area contributed by atoms with E-state index in [9.17, 15) is 9.90 Å². The Balaban J connectivity index is 1.64. The Hall–Kier alpha value is -1.37. The van der Waals surface area contributed by atoms with Gasteiger partial charge in [0, 0.05) is 63.2 Å². The zero-order valence-corrected chi connectivity index (χ0v) is 17.4. The second kappa shape index (κ2) is 7.94. The first-order valence-electron chi connectivity index (χ1n) is 10.1. The van der Waals surface area contributed by atoms with E-state index in [1.54, 1.807) is 0 Å². The number of hydrogen-bond donors (Lipinski definition) is 1. The smallest absolute Gasteiger partial charge is 0.255 e. The van der Waals surface area contributed by atoms with Gasteiger partial charge in [0.1, 0.15) is 0 Å². The van der Waals surface area contributed by atoms with Crippen LogP contribution in [0.2, 0.25) is 0 Å². The molecule has 2 aliphatic rings. The molecule has 1 amide bonds. The van der Waals surface area contributed by atoms with Gasteiger partial charge in [-0.3, -0.25) is 9.69 Å². The number of aromatic nitrogens is 1. The van der Waals surface area contributed by atoms with Crippen molar-refractivity contribution in [1.82, 2.24) is 14.4 Å². The summed E-state index contributed by atoms with van der Waals surface area (Å²) in [5, 5.41) is 9.87. The van der Waals surface area contributed by atoms with Crippen LogP contribution >= 0.6 is 0 Å². The highest BCUT2D eigenvalue weighted by atomic mass is 16.5. The molecule has 152 valence electrons. The third-order valence-corrected chi connectivity index (χ3v) is 5.80. The third kappa shape index (κ3) is 4.73. The number of aliphatic hydroxyl groups is 1. The van der Waals surface area contributed by atoms with Crippen molar-refractivity contribution in [3.8, 4) is 0 Å². The van der Waals surface area contributed by atoms with Gasteiger partial charge < -0.3 is 19.3 Å². The van der Waals surface area contributed by atoms with Gasteiger partial charge in [-0.1, -0.05) is 0 Å². The minimum Gasteiger partial charge on any atom is -0.396 e. The van der Waals surface area contributed by atoms with Crippen LogP contribution in [0, 0.1) is 11.8 Å². The van der Waals surface area contributed by atoms with E-state index in [1.807, 2.05) is 23.4 Å². The maximum Gasteiger partial charge on any atom is 0.255 e. The average Bonchev–Trinajstić information content (AvgIpc) is 3.19. The topological polar surface area (TPSA) is 57.9 Å². The molecule has 1 aromatic rings. The van der Waals surface area contributed by atoms with Crippen molar-refractivity contribution in [2.45, 2.75) is 52.4 Å². The Bertz CT molecular complexity index is 641. The fourth-order valence-electron chi connectivity index (χ4n) is 4.41. The number of ether oxygens (including phenoxy) is 1. The SMILES string of the molecule is C[C@@H]1CN(C[C@@H]2CN(C(=O)c3ccn(C(C)(C)C)c3)C[C@@H]2CO)C[C@H](C)O1. The molecule has 3 heterocycles. The Labute approximate surface area is 163 Å². The van der Waals surface area contributed by atoms with Crippen molar-refractivity contribution in [2.75, 3.05) is 39.3 Å². The monoisotopic (exact) mass is 377 g/mol. The second-order valence-corrected chi connectivity index (χ2v) is 9.37. The molecule has 0 spiro atoms. The number of aliphatic hydroxyl groups excluding tert-OH is 1. The predicted molar refractivity (Wildman–Crippen MR) is 106 cm³/mol. The first-order valence-corrected chi connectivity index (χ1v) is 10.1. The summed E-state index contributed by atoms with van der Waals surface area (Å²) in [6, 6.07) is 1.90. The molecule has 0 saturated carbocycles. The number of carbonyl (C=O) groups excluding carboxylic acids is 1. The molecular weight excluding hydrogens is 342 g/mol. The van der Waals surface area contributed by atoms with E-state index in [4.69, 9.17) is 4.74 Å². The number of amides is 1. The van der Waals surface area contributed by atoms with E-state index >= 15 is 0 Å². The average molecular weight is 378 g/mol. The lowest BCUT2D eigenvalue weighted by molar-refractivity contribution is -0.0726. The van der Waals surface area contributed by atoms with Crippen molar-refractivity contribution in [2.24, 2.45) is 11.8 Å². The molecule has 2 aliphatic heterocycles. The number of morpholine rings is 1. The largest absolute Gasteiger partial charge is 0.396 e. The molecule has 1 aromatic heterocycles. The maximum atomic E-state index is 13.0. The summed E-state index contributed by atoms with van der Waals surface area (Å²) < 4.78 is 7.90. The first kappa shape index (κ1) is 20.4. The van der Waals surface area contributed by atoms with Crippen molar-refractivity contribution < 1.29 is 14.6 Å². The number of likely N-dealkylation sites (tertiary alicyclic amines) is 1. The Morgan fingerprint density at radius 2 is 1.78 bits per heavy atom. The van der Waals surface area contributed by atoms with Gasteiger partial charge in [0.2, 0.25) is 0 Å². The van der Waals surface area contributed by atoms with Crippen LogP contribution in [0.4, 0.5) is 0 Å². The standard InChI is InChI=1S/C21H35N3O3/c1-15-8-22(9-16(2)27-15)10-18-11-23(12-19(18)14-25)20(26)17-6-7-24(13-17)21(3,4)5/h6-7,13,15-16,18-19,25H,8-12,14H2,1-5H3/t15-,16+,18-,19-/m1/s1. The van der Waals surface area contributed by atoms with E-state index in [0.29, 0.717) is 19.0 Å². The van der Waals surface area contributed by atoms with Gasteiger partial charge >= 0.3 is 0 Å². The number of hydrogen-bond acceptors (Lipinski definition) is 4. The fraction of sp³-hybridized carbons (Fsp3) is 0.762. The van der Waals surface area contributed by atoms with Crippen LogP contribution in [-0.4, -0.2) is 76.9 Å². The Morgan fingerprint density at radius 1 is 1.15 bits per heavy atom. The molecule has 1 N–H and O–H groups in total. The molecule has 2 saturated heterocycles. The van der Waals surface area contributed by atoms with Crippen LogP contribution in [0.3, 0.4) is 0 Å². The lowest BCUT2D eigenvalue weighted by Gasteiger charge is -2.37. The lowest BCUT2D eigenvalue weighted by Crippen LogP contribution is -2.48. The molecule has 4 atom stereocenters. The second-order valence-electron chi connectivity index (χ2n) is 9.37. The summed E-state index contributed by atoms with van der Waals surface area (Å²) >= 11 is 0. The number of nitrogens with zero attached hydrogens (tertiary/aromatic N) is 3. The lowest BCUT2D eigenvalue weighted by atomic mass is 9.96. The van der Waals surface area contributed by atoms with Crippen molar-refractivity contribution in [3.05, 3.63) is 24.0 Å². The first-order chi connectivity index (χ1) is 12.7. The fourth-order valence-corrected chi connectivity index (χ4v) is 4.41. The number of carbonyl (C=O) groups is 1. The Kier molecular flexibility index (Phi) is 5.99. The van der Waals surface area contributed by atoms with Crippen LogP contribution in [0.1, 0.15) is 45.0 Å². The predicted octanol–water partition coefficient (Wildman–Crippen LogP) is 2.03. The molecule has 27 heavy (non-hydrogen) atoms. The molecule has 0 unspecified atom stereocenters. The molecule has 3 rings (SSSR count). The van der Waals surface area contributed by atoms with E-state index in [0.717, 1.165) is 25.2 Å². The minimum atomic E-state index is -0.0383. The van der Waals surface area contributed by atoms with E-state index in [2.05, 4.69) is 44.1 Å². The zero-order chi connectivity index (χ0) is 19.8. The third-order valence-electron chi connectivity index (χ3n) is 5.80. The summed E-state index contributed by atoms with van der Waals surface area (Å²) in [4.78, 5) is 17.3. The van der Waals surface area contributed by atoms with Gasteiger partial charge in [-0.05, 0) is 46.6 Å². The van der Waals surface area contributed by atoms with Gasteiger partial charge in [0.15, 0.2) is 0 Å². The summed E-state index contributed by atoms with van der Waals surface area (Å²) in [6.07, 6.45) is 4.38. The van der Waals surface area contributed by atoms with Crippen molar-refractivity contribution in [3.63, 3.8) is 0 Å². The molecular formula is C21H35N3O3. The van der Waals surface area contributed by atoms with Crippen molar-refractivity contribution in [1.29, 1.82) is 0 Å². The Morgan fingerprint density at radius 3 is 2.33 bits per heavy atom. The summed E-state index contributed by atoms with van der Waals surface area (Å²) in [6.45, 7) is 14.8. The van der Waals surface area contributed by atoms with Crippen LogP contribution in [-0.2, 0) is 10.3 Å². The van der Waals surface area contributed by atoms with E-state index < -0.39 is 0 Å². The van der Waals surface area contributed by atoms with Crippen LogP contribution in [0.25, 0.3) is 0 Å². The van der Waals surface area contributed by atoms with Crippen LogP contribution < -0.4 is 0 Å². The molecule has 6 heteroatoms. The van der Waals surface area contributed by atoms with Gasteiger partial charge in [-0.2, -0.15) is 0 Å². The minimum absolute atomic E-state index is 0.0383. The van der Waals surface area contributed by atoms with Crippen LogP contribution in [0.5, 0.6) is 0 Å². The van der Waals surface area contributed by atoms with Gasteiger partial charge in [-0.15, -0.1) is 0 Å². The quantitative estimate of drug-likeness (QED) is 0.872. The highest BCUT2D eigenvalue weighted by Crippen LogP contribution is 2.27. The molecule has 0 bridgehead atoms. The molecule has 0 aromatic carbocycles. The van der Waals surface area contributed by atoms with E-state index in [1.165, 1.54) is 0 Å². The highest BCUT2D eigenvalue weighted by molar-refractivity contribution is 5.94. The van der Waals surface area contributed by atoms with Gasteiger partial charge in [0.05, 0.1) is 17.8 Å². The summed E-state index contributed by atoms with van der Waals surface area (Å²) in [5.74, 6) is 0.524.